The summed E-state index contributed by atoms with van der Waals surface area (Å²) in [7, 11) is -0.349. The summed E-state index contributed by atoms with van der Waals surface area (Å²) in [6.07, 6.45) is 18.5. The zero-order valence-corrected chi connectivity index (χ0v) is 34.4. The number of rotatable bonds is 4. The number of nitrogens with zero attached hydrogens (tertiary/aromatic N) is 8. The first kappa shape index (κ1) is 38.6. The minimum absolute atomic E-state index is 0.324. The van der Waals surface area contributed by atoms with E-state index in [9.17, 15) is 0 Å². The Bertz CT molecular complexity index is 2180. The lowest BCUT2D eigenvalue weighted by Gasteiger charge is -2.32. The Morgan fingerprint density at radius 3 is 1.70 bits per heavy atom. The van der Waals surface area contributed by atoms with Gasteiger partial charge in [-0.3, -0.25) is 0 Å². The highest BCUT2D eigenvalue weighted by molar-refractivity contribution is 9.10. The molecular weight excluding hydrogens is 786 g/mol. The number of piperidine rings is 2. The summed E-state index contributed by atoms with van der Waals surface area (Å²) < 4.78 is 16.6. The van der Waals surface area contributed by atoms with Crippen molar-refractivity contribution in [1.29, 1.82) is 0 Å². The molecule has 0 radical (unpaired) electrons. The van der Waals surface area contributed by atoms with Crippen LogP contribution in [0.2, 0.25) is 10.0 Å². The van der Waals surface area contributed by atoms with Gasteiger partial charge in [0.2, 0.25) is 0 Å². The van der Waals surface area contributed by atoms with Crippen LogP contribution in [0.5, 0.6) is 0 Å². The molecule has 4 aromatic heterocycles. The van der Waals surface area contributed by atoms with Gasteiger partial charge in [0.05, 0.1) is 49.5 Å². The van der Waals surface area contributed by atoms with Gasteiger partial charge in [-0.2, -0.15) is 10.2 Å². The molecule has 282 valence electrons. The van der Waals surface area contributed by atoms with Crippen molar-refractivity contribution in [3.8, 4) is 11.1 Å². The largest absolute Gasteiger partial charge is 0.494 e. The summed E-state index contributed by atoms with van der Waals surface area (Å²) in [4.78, 5) is 13.3. The Morgan fingerprint density at radius 2 is 1.15 bits per heavy atom. The van der Waals surface area contributed by atoms with E-state index in [1.807, 2.05) is 42.9 Å². The van der Waals surface area contributed by atoms with Gasteiger partial charge in [0.25, 0.3) is 0 Å². The Hall–Kier alpha value is -3.68. The smallest absolute Gasteiger partial charge is 0.399 e. The molecular formula is C40H46BBrCl2N8O2. The van der Waals surface area contributed by atoms with Crippen molar-refractivity contribution in [2.45, 2.75) is 77.4 Å². The van der Waals surface area contributed by atoms with Crippen LogP contribution in [-0.2, 0) is 9.31 Å². The fraction of sp³-hybridized carbons (Fsp3) is 0.400. The summed E-state index contributed by atoms with van der Waals surface area (Å²) in [6, 6.07) is 16.2. The van der Waals surface area contributed by atoms with Gasteiger partial charge in [0.1, 0.15) is 0 Å². The van der Waals surface area contributed by atoms with Gasteiger partial charge in [0.15, 0.2) is 11.3 Å². The number of aromatic nitrogens is 6. The minimum Gasteiger partial charge on any atom is -0.399 e. The van der Waals surface area contributed by atoms with Crippen LogP contribution in [0.1, 0.15) is 66.2 Å². The van der Waals surface area contributed by atoms with Gasteiger partial charge in [-0.05, 0) is 117 Å². The van der Waals surface area contributed by atoms with E-state index in [-0.39, 0.29) is 18.3 Å². The maximum absolute atomic E-state index is 6.53. The third-order valence-corrected chi connectivity index (χ3v) is 11.6. The van der Waals surface area contributed by atoms with Crippen LogP contribution < -0.4 is 15.3 Å². The average Bonchev–Trinajstić information content (AvgIpc) is 3.89. The molecule has 6 aromatic rings. The molecule has 3 aliphatic rings. The molecule has 3 aliphatic heterocycles. The van der Waals surface area contributed by atoms with Gasteiger partial charge in [0, 0.05) is 68.7 Å². The van der Waals surface area contributed by atoms with Crippen molar-refractivity contribution in [3.63, 3.8) is 0 Å². The molecule has 0 unspecified atom stereocenters. The molecule has 0 atom stereocenters. The average molecular weight is 832 g/mol. The SMILES string of the molecule is Brc1cnc2ccnn2c1.CC1(C)OB(c2ccc(N3CCCCC3)c(Cl)c2)OC1(C)C.Clc1cc(-c2cnc3ccnn3c2)ccc1N1CCCCC1. The van der Waals surface area contributed by atoms with E-state index < -0.39 is 0 Å². The van der Waals surface area contributed by atoms with Gasteiger partial charge < -0.3 is 19.1 Å². The van der Waals surface area contributed by atoms with Gasteiger partial charge in [-0.15, -0.1) is 0 Å². The van der Waals surface area contributed by atoms with Crippen molar-refractivity contribution in [3.05, 3.63) is 100 Å². The second-order valence-corrected chi connectivity index (χ2v) is 16.7. The lowest BCUT2D eigenvalue weighted by molar-refractivity contribution is 0.00578. The number of halogens is 3. The van der Waals surface area contributed by atoms with Crippen LogP contribution in [-0.4, -0.2) is 73.7 Å². The molecule has 0 aliphatic carbocycles. The zero-order valence-electron chi connectivity index (χ0n) is 31.3. The third kappa shape index (κ3) is 8.73. The molecule has 14 heteroatoms. The number of benzene rings is 2. The molecule has 54 heavy (non-hydrogen) atoms. The molecule has 0 N–H and O–H groups in total. The molecule has 0 amide bonds. The third-order valence-electron chi connectivity index (χ3n) is 10.6. The maximum Gasteiger partial charge on any atom is 0.494 e. The molecule has 0 bridgehead atoms. The Balaban J connectivity index is 0.000000134. The molecule has 0 spiro atoms. The fourth-order valence-electron chi connectivity index (χ4n) is 6.86. The van der Waals surface area contributed by atoms with E-state index in [1.54, 1.807) is 27.6 Å². The highest BCUT2D eigenvalue weighted by Crippen LogP contribution is 2.37. The molecule has 9 rings (SSSR count). The predicted octanol–water partition coefficient (Wildman–Crippen LogP) is 9.16. The number of fused-ring (bicyclic) bond motifs is 2. The number of hydrogen-bond donors (Lipinski definition) is 0. The zero-order chi connectivity index (χ0) is 37.9. The predicted molar refractivity (Wildman–Crippen MR) is 223 cm³/mol. The monoisotopic (exact) mass is 830 g/mol. The summed E-state index contributed by atoms with van der Waals surface area (Å²) in [5.74, 6) is 0. The van der Waals surface area contributed by atoms with Crippen LogP contribution in [0.25, 0.3) is 22.4 Å². The first-order chi connectivity index (χ1) is 26.0. The van der Waals surface area contributed by atoms with E-state index in [2.05, 4.69) is 97.9 Å². The van der Waals surface area contributed by atoms with Crippen LogP contribution in [0.3, 0.4) is 0 Å². The summed E-state index contributed by atoms with van der Waals surface area (Å²) in [5.41, 5.74) is 6.40. The van der Waals surface area contributed by atoms with E-state index >= 15 is 0 Å². The summed E-state index contributed by atoms with van der Waals surface area (Å²) in [5, 5.41) is 9.83. The van der Waals surface area contributed by atoms with Crippen molar-refractivity contribution in [1.82, 2.24) is 29.2 Å². The molecule has 7 heterocycles. The van der Waals surface area contributed by atoms with Crippen LogP contribution in [0, 0.1) is 0 Å². The minimum atomic E-state index is -0.349. The standard InChI is InChI=1S/C17H25BClNO2.C17H17ClN4.C6H4BrN3/c1-16(2)17(3,4)22-18(21-16)13-8-9-15(14(19)12-13)20-10-6-5-7-11-20;18-15-10-13(4-5-16(15)21-8-2-1-3-9-21)14-11-19-17-6-7-20-22(17)12-14;7-5-3-8-6-1-2-9-10(6)4-5/h8-9,12H,5-7,10-11H2,1-4H3;4-7,10-12H,1-3,8-9H2;1-4H. The van der Waals surface area contributed by atoms with Gasteiger partial charge >= 0.3 is 7.12 Å². The topological polar surface area (TPSA) is 85.3 Å². The van der Waals surface area contributed by atoms with E-state index in [0.29, 0.717) is 0 Å². The van der Waals surface area contributed by atoms with Crippen LogP contribution in [0.4, 0.5) is 11.4 Å². The van der Waals surface area contributed by atoms with Gasteiger partial charge in [-0.1, -0.05) is 35.3 Å². The highest BCUT2D eigenvalue weighted by atomic mass is 79.9. The highest BCUT2D eigenvalue weighted by Gasteiger charge is 2.51. The Morgan fingerprint density at radius 1 is 0.630 bits per heavy atom. The van der Waals surface area contributed by atoms with Crippen molar-refractivity contribution >= 4 is 74.4 Å². The lowest BCUT2D eigenvalue weighted by Crippen LogP contribution is -2.41. The molecule has 2 aromatic carbocycles. The van der Waals surface area contributed by atoms with Gasteiger partial charge in [-0.25, -0.2) is 19.0 Å². The Kier molecular flexibility index (Phi) is 11.9. The number of anilines is 2. The molecule has 3 saturated heterocycles. The van der Waals surface area contributed by atoms with Crippen molar-refractivity contribution in [2.75, 3.05) is 36.0 Å². The van der Waals surface area contributed by atoms with E-state index in [0.717, 1.165) is 80.0 Å². The second kappa shape index (κ2) is 16.6. The number of hydrogen-bond acceptors (Lipinski definition) is 8. The summed E-state index contributed by atoms with van der Waals surface area (Å²) >= 11 is 16.3. The quantitative estimate of drug-likeness (QED) is 0.163. The van der Waals surface area contributed by atoms with E-state index in [4.69, 9.17) is 32.5 Å². The molecule has 10 nitrogen and oxygen atoms in total. The van der Waals surface area contributed by atoms with Crippen LogP contribution in [0.15, 0.2) is 90.2 Å². The lowest BCUT2D eigenvalue weighted by atomic mass is 9.79. The first-order valence-corrected chi connectivity index (χ1v) is 20.2. The van der Waals surface area contributed by atoms with Crippen LogP contribution >= 0.6 is 39.1 Å². The molecule has 3 fully saturated rings. The molecule has 0 saturated carbocycles. The Labute approximate surface area is 336 Å². The van der Waals surface area contributed by atoms with E-state index in [1.165, 1.54) is 38.5 Å². The normalized spacial score (nSPS) is 17.9. The van der Waals surface area contributed by atoms with Crippen molar-refractivity contribution in [2.24, 2.45) is 0 Å². The van der Waals surface area contributed by atoms with Crippen molar-refractivity contribution < 1.29 is 9.31 Å². The first-order valence-electron chi connectivity index (χ1n) is 18.7. The fourth-order valence-corrected chi connectivity index (χ4v) is 7.77. The second-order valence-electron chi connectivity index (χ2n) is 14.9. The maximum atomic E-state index is 6.53. The summed E-state index contributed by atoms with van der Waals surface area (Å²) in [6.45, 7) is 12.6.